The van der Waals surface area contributed by atoms with E-state index in [2.05, 4.69) is 19.1 Å². The van der Waals surface area contributed by atoms with Crippen LogP contribution >= 0.6 is 0 Å². The van der Waals surface area contributed by atoms with Gasteiger partial charge in [-0.15, -0.1) is 0 Å². The minimum atomic E-state index is 0.178. The summed E-state index contributed by atoms with van der Waals surface area (Å²) in [6, 6.07) is 6.02. The van der Waals surface area contributed by atoms with E-state index >= 15 is 0 Å². The highest BCUT2D eigenvalue weighted by Crippen LogP contribution is 2.31. The van der Waals surface area contributed by atoms with Gasteiger partial charge in [0.05, 0.1) is 0 Å². The molecule has 1 unspecified atom stereocenters. The molecule has 0 aromatic heterocycles. The molecule has 1 nitrogen and oxygen atoms in total. The molecule has 0 amide bonds. The van der Waals surface area contributed by atoms with Crippen LogP contribution in [0.15, 0.2) is 30.4 Å². The molecule has 1 atom stereocenters. The maximum Gasteiger partial charge on any atom is 0.166 e. The highest BCUT2D eigenvalue weighted by molar-refractivity contribution is 6.02. The number of benzene rings is 1. The molecule has 0 saturated heterocycles. The summed E-state index contributed by atoms with van der Waals surface area (Å²) in [6.07, 6.45) is 5.90. The van der Waals surface area contributed by atoms with Crippen molar-refractivity contribution in [3.63, 3.8) is 0 Å². The van der Waals surface area contributed by atoms with Gasteiger partial charge in [0.15, 0.2) is 5.78 Å². The van der Waals surface area contributed by atoms with Crippen LogP contribution < -0.4 is 0 Å². The van der Waals surface area contributed by atoms with Crippen molar-refractivity contribution in [1.29, 1.82) is 0 Å². The van der Waals surface area contributed by atoms with Crippen molar-refractivity contribution in [2.45, 2.75) is 26.7 Å². The van der Waals surface area contributed by atoms with Gasteiger partial charge in [0.1, 0.15) is 0 Å². The molecular formula is C14H16O. The fourth-order valence-corrected chi connectivity index (χ4v) is 2.25. The van der Waals surface area contributed by atoms with Crippen LogP contribution in [0.3, 0.4) is 0 Å². The van der Waals surface area contributed by atoms with Gasteiger partial charge < -0.3 is 0 Å². The van der Waals surface area contributed by atoms with Crippen LogP contribution in [0.25, 0.3) is 0 Å². The Bertz CT molecular complexity index is 415. The van der Waals surface area contributed by atoms with E-state index in [4.69, 9.17) is 0 Å². The lowest BCUT2D eigenvalue weighted by Crippen LogP contribution is -2.07. The monoisotopic (exact) mass is 200 g/mol. The minimum Gasteiger partial charge on any atom is -0.294 e. The zero-order chi connectivity index (χ0) is 10.8. The molecule has 0 radical (unpaired) electrons. The highest BCUT2D eigenvalue weighted by atomic mass is 16.1. The highest BCUT2D eigenvalue weighted by Gasteiger charge is 2.29. The van der Waals surface area contributed by atoms with Gasteiger partial charge in [0, 0.05) is 11.5 Å². The van der Waals surface area contributed by atoms with E-state index in [0.717, 1.165) is 18.4 Å². The first-order valence-corrected chi connectivity index (χ1v) is 5.48. The summed E-state index contributed by atoms with van der Waals surface area (Å²) >= 11 is 0. The molecule has 1 aliphatic carbocycles. The summed E-state index contributed by atoms with van der Waals surface area (Å²) in [5.74, 6) is 0.504. The molecule has 0 saturated carbocycles. The van der Waals surface area contributed by atoms with Gasteiger partial charge >= 0.3 is 0 Å². The smallest absolute Gasteiger partial charge is 0.166 e. The molecule has 0 N–H and O–H groups in total. The third-order valence-electron chi connectivity index (χ3n) is 3.15. The van der Waals surface area contributed by atoms with E-state index in [9.17, 15) is 4.79 Å². The Hall–Kier alpha value is -1.37. The summed E-state index contributed by atoms with van der Waals surface area (Å²) in [7, 11) is 0. The predicted octanol–water partition coefficient (Wildman–Crippen LogP) is 3.32. The Labute approximate surface area is 90.8 Å². The SMILES string of the molecule is C/C=C/CC1Cc2c(C)cccc2C1=O. The molecule has 15 heavy (non-hydrogen) atoms. The van der Waals surface area contributed by atoms with Crippen molar-refractivity contribution in [2.24, 2.45) is 5.92 Å². The largest absolute Gasteiger partial charge is 0.294 e. The quantitative estimate of drug-likeness (QED) is 0.669. The number of hydrogen-bond acceptors (Lipinski definition) is 1. The first-order chi connectivity index (χ1) is 7.24. The van der Waals surface area contributed by atoms with Gasteiger partial charge in [0.25, 0.3) is 0 Å². The lowest BCUT2D eigenvalue weighted by atomic mass is 10.0. The Morgan fingerprint density at radius 2 is 2.27 bits per heavy atom. The normalized spacial score (nSPS) is 19.9. The summed E-state index contributed by atoms with van der Waals surface area (Å²) in [4.78, 5) is 12.0. The molecule has 0 aliphatic heterocycles. The molecule has 78 valence electrons. The summed E-state index contributed by atoms with van der Waals surface area (Å²) < 4.78 is 0. The Morgan fingerprint density at radius 1 is 1.47 bits per heavy atom. The van der Waals surface area contributed by atoms with Crippen molar-refractivity contribution < 1.29 is 4.79 Å². The van der Waals surface area contributed by atoms with Crippen LogP contribution in [-0.2, 0) is 6.42 Å². The number of carbonyl (C=O) groups excluding carboxylic acids is 1. The molecule has 2 rings (SSSR count). The number of ketones is 1. The summed E-state index contributed by atoms with van der Waals surface area (Å²) in [5.41, 5.74) is 3.46. The van der Waals surface area contributed by atoms with Crippen molar-refractivity contribution in [2.75, 3.05) is 0 Å². The maximum atomic E-state index is 12.0. The van der Waals surface area contributed by atoms with Crippen LogP contribution in [0.5, 0.6) is 0 Å². The zero-order valence-electron chi connectivity index (χ0n) is 9.29. The van der Waals surface area contributed by atoms with Crippen LogP contribution in [0.2, 0.25) is 0 Å². The average Bonchev–Trinajstić information content (AvgIpc) is 2.55. The van der Waals surface area contributed by atoms with E-state index in [0.29, 0.717) is 5.78 Å². The Morgan fingerprint density at radius 3 is 2.93 bits per heavy atom. The van der Waals surface area contributed by atoms with E-state index in [-0.39, 0.29) is 5.92 Å². The Balaban J connectivity index is 2.29. The van der Waals surface area contributed by atoms with Crippen LogP contribution in [0.1, 0.15) is 34.8 Å². The van der Waals surface area contributed by atoms with Crippen molar-refractivity contribution in [1.82, 2.24) is 0 Å². The lowest BCUT2D eigenvalue weighted by Gasteiger charge is -2.02. The van der Waals surface area contributed by atoms with Crippen LogP contribution in [0.4, 0.5) is 0 Å². The van der Waals surface area contributed by atoms with Crippen LogP contribution in [-0.4, -0.2) is 5.78 Å². The first kappa shape index (κ1) is 10.2. The fraction of sp³-hybridized carbons (Fsp3) is 0.357. The maximum absolute atomic E-state index is 12.0. The second kappa shape index (κ2) is 4.01. The molecule has 0 heterocycles. The number of Topliss-reactive ketones (excluding diaryl/α,β-unsaturated/α-hetero) is 1. The van der Waals surface area contributed by atoms with Gasteiger partial charge in [-0.2, -0.15) is 0 Å². The lowest BCUT2D eigenvalue weighted by molar-refractivity contribution is 0.0938. The summed E-state index contributed by atoms with van der Waals surface area (Å²) in [6.45, 7) is 4.09. The summed E-state index contributed by atoms with van der Waals surface area (Å²) in [5, 5.41) is 0. The number of aryl methyl sites for hydroxylation is 1. The Kier molecular flexibility index (Phi) is 2.72. The van der Waals surface area contributed by atoms with Crippen molar-refractivity contribution in [3.05, 3.63) is 47.0 Å². The number of allylic oxidation sites excluding steroid dienone is 2. The van der Waals surface area contributed by atoms with Crippen LogP contribution in [0, 0.1) is 12.8 Å². The van der Waals surface area contributed by atoms with Gasteiger partial charge in [-0.3, -0.25) is 4.79 Å². The third-order valence-corrected chi connectivity index (χ3v) is 3.15. The second-order valence-electron chi connectivity index (χ2n) is 4.17. The van der Waals surface area contributed by atoms with Gasteiger partial charge in [-0.25, -0.2) is 0 Å². The number of hydrogen-bond donors (Lipinski definition) is 0. The van der Waals surface area contributed by atoms with Crippen molar-refractivity contribution in [3.8, 4) is 0 Å². The van der Waals surface area contributed by atoms with E-state index in [1.807, 2.05) is 25.1 Å². The average molecular weight is 200 g/mol. The van der Waals surface area contributed by atoms with Gasteiger partial charge in [-0.1, -0.05) is 30.4 Å². The van der Waals surface area contributed by atoms with Crippen molar-refractivity contribution >= 4 is 5.78 Å². The fourth-order valence-electron chi connectivity index (χ4n) is 2.25. The third kappa shape index (κ3) is 1.74. The molecule has 1 aromatic rings. The molecule has 1 aromatic carbocycles. The molecule has 0 spiro atoms. The topological polar surface area (TPSA) is 17.1 Å². The van der Waals surface area contributed by atoms with Gasteiger partial charge in [-0.05, 0) is 37.8 Å². The standard InChI is InChI=1S/C14H16O/c1-3-4-7-11-9-13-10(2)6-5-8-12(13)14(11)15/h3-6,8,11H,7,9H2,1-2H3/b4-3+. The predicted molar refractivity (Wildman–Crippen MR) is 62.1 cm³/mol. The second-order valence-corrected chi connectivity index (χ2v) is 4.17. The number of carbonyl (C=O) groups is 1. The van der Waals surface area contributed by atoms with E-state index in [1.54, 1.807) is 0 Å². The number of fused-ring (bicyclic) bond motifs is 1. The molecule has 0 bridgehead atoms. The van der Waals surface area contributed by atoms with E-state index < -0.39 is 0 Å². The zero-order valence-corrected chi connectivity index (χ0v) is 9.29. The first-order valence-electron chi connectivity index (χ1n) is 5.48. The molecule has 1 aliphatic rings. The molecule has 0 fully saturated rings. The minimum absolute atomic E-state index is 0.178. The number of rotatable bonds is 2. The van der Waals surface area contributed by atoms with Gasteiger partial charge in [0.2, 0.25) is 0 Å². The van der Waals surface area contributed by atoms with E-state index in [1.165, 1.54) is 11.1 Å². The molecular weight excluding hydrogens is 184 g/mol. The molecule has 1 heteroatoms.